The number of carbonyl (C=O) groups is 1. The van der Waals surface area contributed by atoms with Crippen LogP contribution in [0.3, 0.4) is 0 Å². The molecule has 0 heterocycles. The Bertz CT molecular complexity index is 369. The number of hydrazine groups is 1. The summed E-state index contributed by atoms with van der Waals surface area (Å²) in [7, 11) is 5.29. The number of hydrogen-bond acceptors (Lipinski definition) is 4. The Labute approximate surface area is 95.5 Å². The summed E-state index contributed by atoms with van der Waals surface area (Å²) in [4.78, 5) is 11.6. The first-order valence-corrected chi connectivity index (χ1v) is 4.92. The zero-order chi connectivity index (χ0) is 12.0. The molecule has 0 atom stereocenters. The second-order valence-electron chi connectivity index (χ2n) is 3.45. The van der Waals surface area contributed by atoms with E-state index in [-0.39, 0.29) is 5.78 Å². The van der Waals surface area contributed by atoms with Gasteiger partial charge in [0.2, 0.25) is 0 Å². The van der Waals surface area contributed by atoms with Crippen LogP contribution in [0, 0.1) is 0 Å². The van der Waals surface area contributed by atoms with Gasteiger partial charge in [-0.2, -0.15) is 0 Å². The fourth-order valence-electron chi connectivity index (χ4n) is 1.11. The topological polar surface area (TPSA) is 41.6 Å². The van der Waals surface area contributed by atoms with Crippen molar-refractivity contribution < 1.29 is 9.53 Å². The summed E-state index contributed by atoms with van der Waals surface area (Å²) in [5.74, 6) is 0.698. The number of ether oxygens (including phenoxy) is 1. The highest BCUT2D eigenvalue weighted by Gasteiger charge is 2.01. The Balaban J connectivity index is 2.62. The molecule has 0 aliphatic rings. The molecule has 1 aromatic rings. The Kier molecular flexibility index (Phi) is 4.54. The fraction of sp³-hybridized carbons (Fsp3) is 0.250. The highest BCUT2D eigenvalue weighted by molar-refractivity contribution is 6.04. The van der Waals surface area contributed by atoms with Crippen LogP contribution in [0.1, 0.15) is 10.4 Å². The summed E-state index contributed by atoms with van der Waals surface area (Å²) >= 11 is 0. The van der Waals surface area contributed by atoms with Gasteiger partial charge in [0.1, 0.15) is 5.75 Å². The number of carbonyl (C=O) groups excluding carboxylic acids is 1. The molecule has 0 unspecified atom stereocenters. The van der Waals surface area contributed by atoms with Gasteiger partial charge in [0.15, 0.2) is 5.78 Å². The van der Waals surface area contributed by atoms with E-state index < -0.39 is 0 Å². The third-order valence-electron chi connectivity index (χ3n) is 1.94. The van der Waals surface area contributed by atoms with E-state index in [0.29, 0.717) is 5.56 Å². The standard InChI is InChI=1S/C12H16N2O2/c1-14(2)13-9-8-12(15)10-4-6-11(16-3)7-5-10/h4-9,13H,1-3H3/b9-8-. The Morgan fingerprint density at radius 2 is 1.94 bits per heavy atom. The zero-order valence-corrected chi connectivity index (χ0v) is 9.73. The lowest BCUT2D eigenvalue weighted by Crippen LogP contribution is -2.24. The number of rotatable bonds is 5. The number of allylic oxidation sites excluding steroid dienone is 1. The van der Waals surface area contributed by atoms with Gasteiger partial charge in [-0.05, 0) is 24.3 Å². The van der Waals surface area contributed by atoms with E-state index in [2.05, 4.69) is 5.43 Å². The minimum Gasteiger partial charge on any atom is -0.497 e. The molecule has 0 saturated carbocycles. The van der Waals surface area contributed by atoms with E-state index in [0.717, 1.165) is 5.75 Å². The Morgan fingerprint density at radius 1 is 1.31 bits per heavy atom. The lowest BCUT2D eigenvalue weighted by molar-refractivity contribution is 0.104. The van der Waals surface area contributed by atoms with E-state index >= 15 is 0 Å². The van der Waals surface area contributed by atoms with Gasteiger partial charge in [0.25, 0.3) is 0 Å². The molecule has 16 heavy (non-hydrogen) atoms. The predicted molar refractivity (Wildman–Crippen MR) is 63.3 cm³/mol. The maximum absolute atomic E-state index is 11.6. The van der Waals surface area contributed by atoms with Crippen molar-refractivity contribution in [3.63, 3.8) is 0 Å². The van der Waals surface area contributed by atoms with Crippen LogP contribution in [0.15, 0.2) is 36.5 Å². The normalized spacial score (nSPS) is 10.8. The van der Waals surface area contributed by atoms with Crippen LogP contribution >= 0.6 is 0 Å². The first-order valence-electron chi connectivity index (χ1n) is 4.92. The van der Waals surface area contributed by atoms with Crippen molar-refractivity contribution in [2.24, 2.45) is 0 Å². The van der Waals surface area contributed by atoms with Gasteiger partial charge >= 0.3 is 0 Å². The van der Waals surface area contributed by atoms with E-state index in [1.165, 1.54) is 6.08 Å². The third-order valence-corrected chi connectivity index (χ3v) is 1.94. The average Bonchev–Trinajstić information content (AvgIpc) is 2.28. The minimum atomic E-state index is -0.0444. The molecule has 0 aliphatic carbocycles. The molecule has 1 aromatic carbocycles. The number of benzene rings is 1. The molecule has 0 aromatic heterocycles. The average molecular weight is 220 g/mol. The van der Waals surface area contributed by atoms with Crippen LogP contribution in [0.4, 0.5) is 0 Å². The van der Waals surface area contributed by atoms with E-state index in [1.54, 1.807) is 42.6 Å². The van der Waals surface area contributed by atoms with Crippen molar-refractivity contribution in [3.05, 3.63) is 42.1 Å². The molecule has 4 heteroatoms. The molecule has 0 bridgehead atoms. The largest absolute Gasteiger partial charge is 0.497 e. The molecule has 0 saturated heterocycles. The van der Waals surface area contributed by atoms with Gasteiger partial charge < -0.3 is 10.2 Å². The van der Waals surface area contributed by atoms with Crippen molar-refractivity contribution in [3.8, 4) is 5.75 Å². The number of methoxy groups -OCH3 is 1. The van der Waals surface area contributed by atoms with Gasteiger partial charge in [-0.3, -0.25) is 4.79 Å². The molecular formula is C12H16N2O2. The summed E-state index contributed by atoms with van der Waals surface area (Å²) < 4.78 is 5.01. The number of ketones is 1. The van der Waals surface area contributed by atoms with Crippen LogP contribution in [0.5, 0.6) is 5.75 Å². The van der Waals surface area contributed by atoms with E-state index in [4.69, 9.17) is 4.74 Å². The molecule has 0 aliphatic heterocycles. The smallest absolute Gasteiger partial charge is 0.187 e. The SMILES string of the molecule is COc1ccc(C(=O)/C=C\NN(C)C)cc1. The Hall–Kier alpha value is -1.81. The first kappa shape index (κ1) is 12.3. The van der Waals surface area contributed by atoms with Gasteiger partial charge in [0.05, 0.1) is 7.11 Å². The van der Waals surface area contributed by atoms with Gasteiger partial charge in [-0.25, -0.2) is 5.01 Å². The molecule has 4 nitrogen and oxygen atoms in total. The summed E-state index contributed by atoms with van der Waals surface area (Å²) in [5.41, 5.74) is 3.51. The summed E-state index contributed by atoms with van der Waals surface area (Å²) in [6.45, 7) is 0. The van der Waals surface area contributed by atoms with Gasteiger partial charge in [0, 0.05) is 31.9 Å². The van der Waals surface area contributed by atoms with Crippen LogP contribution in [0.25, 0.3) is 0 Å². The molecule has 1 rings (SSSR count). The maximum atomic E-state index is 11.6. The first-order chi connectivity index (χ1) is 7.63. The highest BCUT2D eigenvalue weighted by atomic mass is 16.5. The van der Waals surface area contributed by atoms with Gasteiger partial charge in [-0.15, -0.1) is 0 Å². The monoisotopic (exact) mass is 220 g/mol. The molecule has 0 spiro atoms. The zero-order valence-electron chi connectivity index (χ0n) is 9.73. The molecule has 0 fully saturated rings. The highest BCUT2D eigenvalue weighted by Crippen LogP contribution is 2.11. The van der Waals surface area contributed by atoms with E-state index in [9.17, 15) is 4.79 Å². The van der Waals surface area contributed by atoms with Crippen molar-refractivity contribution >= 4 is 5.78 Å². The van der Waals surface area contributed by atoms with Crippen LogP contribution in [-0.4, -0.2) is 32.0 Å². The lowest BCUT2D eigenvalue weighted by Gasteiger charge is -2.07. The van der Waals surface area contributed by atoms with Crippen LogP contribution in [-0.2, 0) is 0 Å². The second kappa shape index (κ2) is 5.92. The van der Waals surface area contributed by atoms with E-state index in [1.807, 2.05) is 14.1 Å². The molecule has 1 N–H and O–H groups in total. The van der Waals surface area contributed by atoms with Crippen molar-refractivity contribution in [1.29, 1.82) is 0 Å². The van der Waals surface area contributed by atoms with Crippen molar-refractivity contribution in [2.75, 3.05) is 21.2 Å². The van der Waals surface area contributed by atoms with Crippen LogP contribution in [0.2, 0.25) is 0 Å². The quantitative estimate of drug-likeness (QED) is 0.463. The number of nitrogens with one attached hydrogen (secondary N) is 1. The molecule has 0 radical (unpaired) electrons. The molecule has 0 amide bonds. The van der Waals surface area contributed by atoms with Crippen molar-refractivity contribution in [1.82, 2.24) is 10.4 Å². The second-order valence-corrected chi connectivity index (χ2v) is 3.45. The molecule has 86 valence electrons. The summed E-state index contributed by atoms with van der Waals surface area (Å²) in [6.07, 6.45) is 3.09. The number of nitrogens with zero attached hydrogens (tertiary/aromatic N) is 1. The van der Waals surface area contributed by atoms with Crippen LogP contribution < -0.4 is 10.2 Å². The van der Waals surface area contributed by atoms with Crippen molar-refractivity contribution in [2.45, 2.75) is 0 Å². The molecular weight excluding hydrogens is 204 g/mol. The summed E-state index contributed by atoms with van der Waals surface area (Å²) in [6, 6.07) is 7.00. The third kappa shape index (κ3) is 3.74. The Morgan fingerprint density at radius 3 is 2.44 bits per heavy atom. The predicted octanol–water partition coefficient (Wildman–Crippen LogP) is 1.46. The summed E-state index contributed by atoms with van der Waals surface area (Å²) in [5, 5.41) is 1.75. The fourth-order valence-corrected chi connectivity index (χ4v) is 1.11. The minimum absolute atomic E-state index is 0.0444. The van der Waals surface area contributed by atoms with Gasteiger partial charge in [-0.1, -0.05) is 0 Å². The lowest BCUT2D eigenvalue weighted by atomic mass is 10.1. The maximum Gasteiger partial charge on any atom is 0.187 e. The number of hydrogen-bond donors (Lipinski definition) is 1.